The molecule has 1 amide bonds. The smallest absolute Gasteiger partial charge is 0.378 e. The Bertz CT molecular complexity index is 1710. The van der Waals surface area contributed by atoms with Crippen LogP contribution in [0.2, 0.25) is 0 Å². The number of rotatable bonds is 7. The number of hydrogen-bond acceptors (Lipinski definition) is 9. The summed E-state index contributed by atoms with van der Waals surface area (Å²) in [4.78, 5) is 39.1. The van der Waals surface area contributed by atoms with Gasteiger partial charge in [0.2, 0.25) is 21.5 Å². The van der Waals surface area contributed by atoms with Crippen molar-refractivity contribution in [1.29, 1.82) is 0 Å². The van der Waals surface area contributed by atoms with Gasteiger partial charge in [0.05, 0.1) is 42.0 Å². The minimum atomic E-state index is -5.00. The minimum absolute atomic E-state index is 0.0286. The molecule has 0 saturated carbocycles. The molecule has 0 spiro atoms. The largest absolute Gasteiger partial charge is 0.417 e. The van der Waals surface area contributed by atoms with Crippen LogP contribution in [0, 0.1) is 5.82 Å². The van der Waals surface area contributed by atoms with E-state index in [1.54, 1.807) is 4.90 Å². The maximum absolute atomic E-state index is 15.7. The molecule has 1 aromatic carbocycles. The van der Waals surface area contributed by atoms with E-state index < -0.39 is 50.7 Å². The summed E-state index contributed by atoms with van der Waals surface area (Å²) in [5, 5.41) is 2.45. The Morgan fingerprint density at radius 1 is 1.11 bits per heavy atom. The molecule has 44 heavy (non-hydrogen) atoms. The van der Waals surface area contributed by atoms with Crippen LogP contribution in [0.4, 0.5) is 34.9 Å². The Hall–Kier alpha value is -4.09. The summed E-state index contributed by atoms with van der Waals surface area (Å²) in [6, 6.07) is 2.21. The number of amides is 1. The molecule has 2 aliphatic heterocycles. The van der Waals surface area contributed by atoms with Crippen molar-refractivity contribution < 1.29 is 35.5 Å². The number of carbonyl (C=O) groups excluding carboxylic acids is 1. The van der Waals surface area contributed by atoms with Gasteiger partial charge in [0.15, 0.2) is 0 Å². The van der Waals surface area contributed by atoms with Gasteiger partial charge in [0.1, 0.15) is 5.82 Å². The summed E-state index contributed by atoms with van der Waals surface area (Å²) >= 11 is 0. The SMILES string of the molecule is CN(C1CCN(c2cc(F)c(-c3cnc(N4CCOCC4)nc3)cc2NC(=O)c2c[nH]c(=O)cc2C(F)(F)F)C1)S(C)(=O)=O. The van der Waals surface area contributed by atoms with Crippen LogP contribution in [0.3, 0.4) is 0 Å². The van der Waals surface area contributed by atoms with E-state index in [0.29, 0.717) is 44.9 Å². The molecule has 3 aromatic rings. The fourth-order valence-electron chi connectivity index (χ4n) is 5.14. The van der Waals surface area contributed by atoms with Gasteiger partial charge in [-0.15, -0.1) is 0 Å². The summed E-state index contributed by atoms with van der Waals surface area (Å²) in [6.45, 7) is 2.58. The highest BCUT2D eigenvalue weighted by Crippen LogP contribution is 2.37. The highest BCUT2D eigenvalue weighted by molar-refractivity contribution is 7.88. The quantitative estimate of drug-likeness (QED) is 0.373. The fraction of sp³-hybridized carbons (Fsp3) is 0.407. The van der Waals surface area contributed by atoms with Crippen molar-refractivity contribution >= 4 is 33.3 Å². The van der Waals surface area contributed by atoms with E-state index in [9.17, 15) is 31.2 Å². The molecule has 1 atom stereocenters. The Labute approximate surface area is 249 Å². The average molecular weight is 640 g/mol. The molecule has 2 N–H and O–H groups in total. The third-order valence-corrected chi connectivity index (χ3v) is 8.94. The number of hydrogen-bond donors (Lipinski definition) is 2. The molecule has 0 radical (unpaired) electrons. The topological polar surface area (TPSA) is 141 Å². The number of alkyl halides is 3. The molecule has 4 heterocycles. The molecule has 2 fully saturated rings. The van der Waals surface area contributed by atoms with Gasteiger partial charge in [0, 0.05) is 75.1 Å². The first-order valence-electron chi connectivity index (χ1n) is 13.5. The van der Waals surface area contributed by atoms with Gasteiger partial charge in [-0.2, -0.15) is 13.2 Å². The van der Waals surface area contributed by atoms with Crippen molar-refractivity contribution in [1.82, 2.24) is 19.3 Å². The minimum Gasteiger partial charge on any atom is -0.378 e. The van der Waals surface area contributed by atoms with Crippen LogP contribution in [0.1, 0.15) is 22.3 Å². The molecule has 0 aliphatic carbocycles. The van der Waals surface area contributed by atoms with Crippen molar-refractivity contribution in [2.75, 3.05) is 67.8 Å². The average Bonchev–Trinajstić information content (AvgIpc) is 3.47. The Balaban J connectivity index is 1.53. The molecular formula is C27H29F4N7O5S. The maximum Gasteiger partial charge on any atom is 0.417 e. The molecule has 2 saturated heterocycles. The van der Waals surface area contributed by atoms with Gasteiger partial charge < -0.3 is 24.8 Å². The number of pyridine rings is 1. The molecule has 2 aliphatic rings. The normalized spacial score (nSPS) is 17.8. The standard InChI is InChI=1S/C27H29F4N7O5S/c1-36(44(2,41)42)17-3-4-38(15-17)23-11-21(28)18(16-12-33-26(34-13-16)37-5-7-43-8-6-37)9-22(23)35-25(40)19-14-32-24(39)10-20(19)27(29,30)31/h9-14,17H,3-8,15H2,1-2H3,(H,32,39)(H,35,40). The number of H-pyrrole nitrogens is 1. The van der Waals surface area contributed by atoms with Crippen molar-refractivity contribution in [3.63, 3.8) is 0 Å². The van der Waals surface area contributed by atoms with Crippen molar-refractivity contribution in [2.45, 2.75) is 18.6 Å². The van der Waals surface area contributed by atoms with Gasteiger partial charge in [-0.25, -0.2) is 27.1 Å². The number of ether oxygens (including phenoxy) is 1. The zero-order chi connectivity index (χ0) is 31.8. The highest BCUT2D eigenvalue weighted by Gasteiger charge is 2.37. The first kappa shape index (κ1) is 31.3. The van der Waals surface area contributed by atoms with Crippen molar-refractivity contribution in [3.05, 3.63) is 64.1 Å². The molecule has 1 unspecified atom stereocenters. The summed E-state index contributed by atoms with van der Waals surface area (Å²) in [6.07, 6.45) is -0.0956. The Morgan fingerprint density at radius 2 is 1.80 bits per heavy atom. The zero-order valence-electron chi connectivity index (χ0n) is 23.7. The zero-order valence-corrected chi connectivity index (χ0v) is 24.5. The molecule has 2 aromatic heterocycles. The number of nitrogens with zero attached hydrogens (tertiary/aromatic N) is 5. The molecule has 5 rings (SSSR count). The lowest BCUT2D eigenvalue weighted by molar-refractivity contribution is -0.138. The second-order valence-electron chi connectivity index (χ2n) is 10.5. The van der Waals surface area contributed by atoms with E-state index in [2.05, 4.69) is 20.3 Å². The maximum atomic E-state index is 15.7. The van der Waals surface area contributed by atoms with E-state index in [-0.39, 0.29) is 41.7 Å². The molecule has 236 valence electrons. The van der Waals surface area contributed by atoms with E-state index in [4.69, 9.17) is 4.74 Å². The number of halogens is 4. The number of nitrogens with one attached hydrogen (secondary N) is 2. The van der Waals surface area contributed by atoms with Gasteiger partial charge in [-0.1, -0.05) is 0 Å². The first-order valence-corrected chi connectivity index (χ1v) is 15.3. The fourth-order valence-corrected chi connectivity index (χ4v) is 5.86. The number of sulfonamides is 1. The van der Waals surface area contributed by atoms with Crippen molar-refractivity contribution in [2.24, 2.45) is 0 Å². The third-order valence-electron chi connectivity index (χ3n) is 7.59. The predicted octanol–water partition coefficient (Wildman–Crippen LogP) is 2.55. The van der Waals surface area contributed by atoms with Crippen LogP contribution >= 0.6 is 0 Å². The van der Waals surface area contributed by atoms with Crippen LogP contribution in [0.15, 0.2) is 41.6 Å². The van der Waals surface area contributed by atoms with Crippen LogP contribution in [0.5, 0.6) is 0 Å². The van der Waals surface area contributed by atoms with E-state index >= 15 is 4.39 Å². The third kappa shape index (κ3) is 6.68. The molecular weight excluding hydrogens is 610 g/mol. The van der Waals surface area contributed by atoms with E-state index in [1.165, 1.54) is 29.8 Å². The lowest BCUT2D eigenvalue weighted by atomic mass is 10.0. The summed E-state index contributed by atoms with van der Waals surface area (Å²) < 4.78 is 87.5. The molecule has 0 bridgehead atoms. The van der Waals surface area contributed by atoms with Crippen molar-refractivity contribution in [3.8, 4) is 11.1 Å². The summed E-state index contributed by atoms with van der Waals surface area (Å²) in [7, 11) is -2.12. The van der Waals surface area contributed by atoms with Gasteiger partial charge in [-0.3, -0.25) is 9.59 Å². The second kappa shape index (κ2) is 12.1. The van der Waals surface area contributed by atoms with E-state index in [1.807, 2.05) is 4.90 Å². The number of aromatic nitrogens is 3. The number of aromatic amines is 1. The lowest BCUT2D eigenvalue weighted by Gasteiger charge is -2.27. The van der Waals surface area contributed by atoms with E-state index in [0.717, 1.165) is 12.3 Å². The monoisotopic (exact) mass is 639 g/mol. The summed E-state index contributed by atoms with van der Waals surface area (Å²) in [5.74, 6) is -1.51. The van der Waals surface area contributed by atoms with Crippen LogP contribution < -0.4 is 20.7 Å². The molecule has 17 heteroatoms. The summed E-state index contributed by atoms with van der Waals surface area (Å²) in [5.41, 5.74) is -3.01. The second-order valence-corrected chi connectivity index (χ2v) is 12.5. The first-order chi connectivity index (χ1) is 20.7. The Morgan fingerprint density at radius 3 is 2.43 bits per heavy atom. The number of morpholine rings is 1. The lowest BCUT2D eigenvalue weighted by Crippen LogP contribution is -2.38. The Kier molecular flexibility index (Phi) is 8.64. The molecule has 12 nitrogen and oxygen atoms in total. The number of carbonyl (C=O) groups is 1. The van der Waals surface area contributed by atoms with Crippen LogP contribution in [0.25, 0.3) is 11.1 Å². The number of benzene rings is 1. The van der Waals surface area contributed by atoms with Gasteiger partial charge in [0.25, 0.3) is 5.91 Å². The predicted molar refractivity (Wildman–Crippen MR) is 154 cm³/mol. The van der Waals surface area contributed by atoms with Gasteiger partial charge in [-0.05, 0) is 18.6 Å². The highest BCUT2D eigenvalue weighted by atomic mass is 32.2. The van der Waals surface area contributed by atoms with Gasteiger partial charge >= 0.3 is 6.18 Å². The van der Waals surface area contributed by atoms with Crippen LogP contribution in [-0.4, -0.2) is 92.3 Å². The number of anilines is 3. The van der Waals surface area contributed by atoms with Crippen LogP contribution in [-0.2, 0) is 20.9 Å². The number of likely N-dealkylation sites (N-methyl/N-ethyl adjacent to an activating group) is 1.